The molecule has 2 aromatic heterocycles. The van der Waals surface area contributed by atoms with E-state index in [0.29, 0.717) is 33.8 Å². The van der Waals surface area contributed by atoms with Crippen LogP contribution in [0.3, 0.4) is 0 Å². The minimum atomic E-state index is -0.610. The molecule has 0 aliphatic carbocycles. The van der Waals surface area contributed by atoms with Crippen LogP contribution in [0.5, 0.6) is 0 Å². The van der Waals surface area contributed by atoms with Crippen molar-refractivity contribution in [3.8, 4) is 11.3 Å². The fourth-order valence-corrected chi connectivity index (χ4v) is 3.00. The smallest absolute Gasteiger partial charge is 0.267 e. The number of benzene rings is 1. The number of pyridine rings is 2. The molecule has 0 unspecified atom stereocenters. The van der Waals surface area contributed by atoms with E-state index in [9.17, 15) is 14.0 Å². The zero-order chi connectivity index (χ0) is 24.5. The first-order valence-electron chi connectivity index (χ1n) is 10.2. The lowest BCUT2D eigenvalue weighted by Crippen LogP contribution is -2.21. The van der Waals surface area contributed by atoms with Crippen LogP contribution in [0.4, 0.5) is 4.39 Å². The maximum Gasteiger partial charge on any atom is 0.267 e. The molecule has 0 bridgehead atoms. The summed E-state index contributed by atoms with van der Waals surface area (Å²) in [6.45, 7) is 3.85. The number of halogens is 1. The summed E-state index contributed by atoms with van der Waals surface area (Å²) in [5.74, 6) is -1.29. The second-order valence-corrected chi connectivity index (χ2v) is 7.15. The monoisotopic (exact) mass is 458 g/mol. The maximum atomic E-state index is 13.3. The van der Waals surface area contributed by atoms with E-state index in [-0.39, 0.29) is 30.5 Å². The first kappa shape index (κ1) is 24.0. The second kappa shape index (κ2) is 11.3. The molecule has 0 saturated heterocycles. The zero-order valence-electron chi connectivity index (χ0n) is 18.2. The first-order chi connectivity index (χ1) is 16.4. The van der Waals surface area contributed by atoms with Gasteiger partial charge in [0.15, 0.2) is 0 Å². The molecule has 2 heterocycles. The number of rotatable bonds is 9. The molecule has 1 aromatic carbocycles. The van der Waals surface area contributed by atoms with Crippen LogP contribution >= 0.6 is 0 Å². The number of nitrogens with one attached hydrogen (secondary N) is 1. The molecule has 2 amide bonds. The Hall–Kier alpha value is -4.66. The molecular weight excluding hydrogens is 435 g/mol. The number of hydrogen-bond donors (Lipinski definition) is 3. The lowest BCUT2D eigenvalue weighted by Gasteiger charge is -2.12. The van der Waals surface area contributed by atoms with Gasteiger partial charge in [-0.05, 0) is 60.2 Å². The molecule has 0 spiro atoms. The van der Waals surface area contributed by atoms with E-state index in [2.05, 4.69) is 26.9 Å². The molecule has 0 radical (unpaired) electrons. The van der Waals surface area contributed by atoms with E-state index in [4.69, 9.17) is 11.5 Å². The molecule has 0 aliphatic heterocycles. The van der Waals surface area contributed by atoms with Crippen molar-refractivity contribution in [1.29, 1.82) is 0 Å². The molecule has 34 heavy (non-hydrogen) atoms. The van der Waals surface area contributed by atoms with Crippen molar-refractivity contribution in [2.24, 2.45) is 16.5 Å². The van der Waals surface area contributed by atoms with E-state index < -0.39 is 5.91 Å². The topological polar surface area (TPSA) is 136 Å². The summed E-state index contributed by atoms with van der Waals surface area (Å²) < 4.78 is 13.3. The SMILES string of the molecule is C=CC(=O)NCc1cnc(-c2ccc(F)cc2)cc1/C(N)=C/C=NCc1cccc(C(N)=O)n1. The van der Waals surface area contributed by atoms with Gasteiger partial charge >= 0.3 is 0 Å². The van der Waals surface area contributed by atoms with Crippen molar-refractivity contribution in [2.75, 3.05) is 0 Å². The van der Waals surface area contributed by atoms with E-state index in [1.807, 2.05) is 0 Å². The highest BCUT2D eigenvalue weighted by Crippen LogP contribution is 2.23. The summed E-state index contributed by atoms with van der Waals surface area (Å²) in [4.78, 5) is 35.7. The number of amides is 2. The lowest BCUT2D eigenvalue weighted by molar-refractivity contribution is -0.116. The van der Waals surface area contributed by atoms with Crippen molar-refractivity contribution in [1.82, 2.24) is 15.3 Å². The van der Waals surface area contributed by atoms with Crippen LogP contribution in [-0.2, 0) is 17.9 Å². The van der Waals surface area contributed by atoms with Crippen LogP contribution in [0.1, 0.15) is 27.3 Å². The van der Waals surface area contributed by atoms with Gasteiger partial charge < -0.3 is 16.8 Å². The number of carbonyl (C=O) groups is 2. The van der Waals surface area contributed by atoms with Gasteiger partial charge in [-0.2, -0.15) is 0 Å². The van der Waals surface area contributed by atoms with Gasteiger partial charge in [-0.3, -0.25) is 19.6 Å². The minimum absolute atomic E-state index is 0.166. The van der Waals surface area contributed by atoms with Crippen molar-refractivity contribution in [3.05, 3.63) is 102 Å². The molecule has 9 heteroatoms. The van der Waals surface area contributed by atoms with Gasteiger partial charge in [0.2, 0.25) is 5.91 Å². The summed E-state index contributed by atoms with van der Waals surface area (Å²) in [5, 5.41) is 2.70. The third-order valence-corrected chi connectivity index (χ3v) is 4.75. The first-order valence-corrected chi connectivity index (χ1v) is 10.2. The number of allylic oxidation sites excluding steroid dienone is 1. The maximum absolute atomic E-state index is 13.3. The quantitative estimate of drug-likeness (QED) is 0.335. The van der Waals surface area contributed by atoms with Gasteiger partial charge in [-0.15, -0.1) is 0 Å². The Labute approximate surface area is 196 Å². The number of nitrogens with two attached hydrogens (primary N) is 2. The van der Waals surface area contributed by atoms with Crippen LogP contribution in [0.15, 0.2) is 78.5 Å². The fraction of sp³-hybridized carbons (Fsp3) is 0.0800. The molecule has 3 aromatic rings. The van der Waals surface area contributed by atoms with Gasteiger partial charge in [0.05, 0.1) is 17.9 Å². The van der Waals surface area contributed by atoms with Gasteiger partial charge in [0, 0.05) is 35.8 Å². The van der Waals surface area contributed by atoms with E-state index in [1.165, 1.54) is 30.5 Å². The van der Waals surface area contributed by atoms with Crippen molar-refractivity contribution < 1.29 is 14.0 Å². The standard InChI is InChI=1S/C25H23FN6O2/c1-2-24(33)31-14-17-13-30-23(16-6-8-18(26)9-7-16)12-20(17)21(27)10-11-29-15-19-4-3-5-22(32-19)25(28)34/h2-13H,1,14-15,27H2,(H2,28,34)(H,31,33)/b21-10-,29-11?. The van der Waals surface area contributed by atoms with Crippen LogP contribution in [0.25, 0.3) is 17.0 Å². The fourth-order valence-electron chi connectivity index (χ4n) is 3.00. The minimum Gasteiger partial charge on any atom is -0.398 e. The number of aromatic nitrogens is 2. The third-order valence-electron chi connectivity index (χ3n) is 4.75. The zero-order valence-corrected chi connectivity index (χ0v) is 18.2. The van der Waals surface area contributed by atoms with Gasteiger partial charge in [-0.25, -0.2) is 9.37 Å². The molecular formula is C25H23FN6O2. The summed E-state index contributed by atoms with van der Waals surface area (Å²) in [6.07, 6.45) is 5.92. The molecule has 0 atom stereocenters. The average molecular weight is 458 g/mol. The summed E-state index contributed by atoms with van der Waals surface area (Å²) in [6, 6.07) is 12.6. The Kier molecular flexibility index (Phi) is 7.96. The van der Waals surface area contributed by atoms with Gasteiger partial charge in [0.1, 0.15) is 11.5 Å². The molecule has 0 fully saturated rings. The van der Waals surface area contributed by atoms with Gasteiger partial charge in [0.25, 0.3) is 5.91 Å². The number of carbonyl (C=O) groups excluding carboxylic acids is 2. The molecule has 5 N–H and O–H groups in total. The Balaban J connectivity index is 1.85. The Morgan fingerprint density at radius 1 is 1.15 bits per heavy atom. The van der Waals surface area contributed by atoms with Crippen LogP contribution < -0.4 is 16.8 Å². The molecule has 8 nitrogen and oxygen atoms in total. The summed E-state index contributed by atoms with van der Waals surface area (Å²) in [7, 11) is 0. The van der Waals surface area contributed by atoms with Crippen molar-refractivity contribution in [3.63, 3.8) is 0 Å². The second-order valence-electron chi connectivity index (χ2n) is 7.15. The lowest BCUT2D eigenvalue weighted by atomic mass is 10.0. The summed E-state index contributed by atoms with van der Waals surface area (Å²) in [5.41, 5.74) is 15.3. The number of aliphatic imine (C=N–C) groups is 1. The molecule has 0 aliphatic rings. The predicted octanol–water partition coefficient (Wildman–Crippen LogP) is 2.75. The number of nitrogens with zero attached hydrogens (tertiary/aromatic N) is 3. The Morgan fingerprint density at radius 3 is 2.62 bits per heavy atom. The highest BCUT2D eigenvalue weighted by atomic mass is 19.1. The largest absolute Gasteiger partial charge is 0.398 e. The number of primary amides is 1. The predicted molar refractivity (Wildman–Crippen MR) is 129 cm³/mol. The normalized spacial score (nSPS) is 11.4. The molecule has 172 valence electrons. The van der Waals surface area contributed by atoms with Crippen LogP contribution in [0.2, 0.25) is 0 Å². The van der Waals surface area contributed by atoms with Crippen molar-refractivity contribution in [2.45, 2.75) is 13.1 Å². The Bertz CT molecular complexity index is 1270. The van der Waals surface area contributed by atoms with E-state index in [1.54, 1.807) is 42.6 Å². The highest BCUT2D eigenvalue weighted by Gasteiger charge is 2.10. The van der Waals surface area contributed by atoms with Crippen LogP contribution in [0, 0.1) is 5.82 Å². The average Bonchev–Trinajstić information content (AvgIpc) is 2.85. The van der Waals surface area contributed by atoms with E-state index >= 15 is 0 Å². The van der Waals surface area contributed by atoms with E-state index in [0.717, 1.165) is 0 Å². The Morgan fingerprint density at radius 2 is 1.91 bits per heavy atom. The van der Waals surface area contributed by atoms with Gasteiger partial charge in [-0.1, -0.05) is 12.6 Å². The third kappa shape index (κ3) is 6.42. The molecule has 3 rings (SSSR count). The van der Waals surface area contributed by atoms with Crippen LogP contribution in [-0.4, -0.2) is 28.0 Å². The number of hydrogen-bond acceptors (Lipinski definition) is 6. The summed E-state index contributed by atoms with van der Waals surface area (Å²) >= 11 is 0. The highest BCUT2D eigenvalue weighted by molar-refractivity contribution is 5.90. The molecule has 0 saturated carbocycles. The van der Waals surface area contributed by atoms with Crippen molar-refractivity contribution >= 4 is 23.7 Å².